The third kappa shape index (κ3) is 3.70. The van der Waals surface area contributed by atoms with Gasteiger partial charge in [0.2, 0.25) is 0 Å². The molecule has 1 atom stereocenters. The Morgan fingerprint density at radius 2 is 1.84 bits per heavy atom. The summed E-state index contributed by atoms with van der Waals surface area (Å²) in [5.74, 6) is 0.515. The normalized spacial score (nSPS) is 15.5. The number of carbonyl (C=O) groups is 1. The van der Waals surface area contributed by atoms with Crippen LogP contribution >= 0.6 is 0 Å². The summed E-state index contributed by atoms with van der Waals surface area (Å²) in [5, 5.41) is 5.20. The molecule has 1 amide bonds. The fourth-order valence-corrected chi connectivity index (χ4v) is 4.65. The molecule has 1 aliphatic rings. The van der Waals surface area contributed by atoms with E-state index in [-0.39, 0.29) is 5.91 Å². The Bertz CT molecular complexity index is 1310. The molecule has 1 unspecified atom stereocenters. The van der Waals surface area contributed by atoms with Gasteiger partial charge in [-0.15, -0.1) is 0 Å². The van der Waals surface area contributed by atoms with Crippen molar-refractivity contribution in [3.05, 3.63) is 90.1 Å². The van der Waals surface area contributed by atoms with Gasteiger partial charge in [0.25, 0.3) is 5.91 Å². The molecule has 1 aromatic heterocycles. The van der Waals surface area contributed by atoms with Crippen molar-refractivity contribution < 1.29 is 9.00 Å². The Kier molecular flexibility index (Phi) is 5.00. The molecule has 0 aliphatic carbocycles. The van der Waals surface area contributed by atoms with E-state index in [9.17, 15) is 9.00 Å². The lowest BCUT2D eigenvalue weighted by Crippen LogP contribution is -2.42. The summed E-state index contributed by atoms with van der Waals surface area (Å²) < 4.78 is 13.5. The van der Waals surface area contributed by atoms with Crippen LogP contribution in [0.15, 0.2) is 79.0 Å². The highest BCUT2D eigenvalue weighted by Crippen LogP contribution is 2.31. The summed E-state index contributed by atoms with van der Waals surface area (Å²) in [6.07, 6.45) is 1.81. The Morgan fingerprint density at radius 1 is 1.03 bits per heavy atom. The number of aryl methyl sites for hydroxylation is 1. The molecule has 1 aliphatic heterocycles. The van der Waals surface area contributed by atoms with E-state index in [1.165, 1.54) is 0 Å². The van der Waals surface area contributed by atoms with Gasteiger partial charge in [-0.1, -0.05) is 30.3 Å². The quantitative estimate of drug-likeness (QED) is 0.501. The molecule has 6 heteroatoms. The zero-order valence-corrected chi connectivity index (χ0v) is 17.9. The van der Waals surface area contributed by atoms with Crippen LogP contribution in [-0.2, 0) is 11.0 Å². The predicted octanol–water partition coefficient (Wildman–Crippen LogP) is 4.95. The van der Waals surface area contributed by atoms with E-state index in [1.54, 1.807) is 12.1 Å². The second-order valence-electron chi connectivity index (χ2n) is 7.54. The van der Waals surface area contributed by atoms with Crippen molar-refractivity contribution in [2.24, 2.45) is 0 Å². The van der Waals surface area contributed by atoms with E-state index in [4.69, 9.17) is 0 Å². The molecule has 154 valence electrons. The zero-order valence-electron chi connectivity index (χ0n) is 17.0. The van der Waals surface area contributed by atoms with Crippen LogP contribution in [0.2, 0.25) is 0 Å². The molecule has 2 heterocycles. The topological polar surface area (TPSA) is 62.3 Å². The highest BCUT2D eigenvalue weighted by molar-refractivity contribution is 7.88. The lowest BCUT2D eigenvalue weighted by molar-refractivity contribution is 0.102. The van der Waals surface area contributed by atoms with E-state index in [2.05, 4.69) is 22.4 Å². The highest BCUT2D eigenvalue weighted by Gasteiger charge is 2.23. The van der Waals surface area contributed by atoms with E-state index in [0.29, 0.717) is 17.0 Å². The molecule has 0 spiro atoms. The van der Waals surface area contributed by atoms with Gasteiger partial charge in [0.15, 0.2) is 0 Å². The van der Waals surface area contributed by atoms with Gasteiger partial charge < -0.3 is 5.32 Å². The van der Waals surface area contributed by atoms with Crippen molar-refractivity contribution in [1.29, 1.82) is 0 Å². The standard InChI is InChI=1S/C25H21N3O2S/c1-17-6-9-20(16-23(17)24-22-5-3-2-4-18(22)12-13-26-24)27-25(29)19-7-10-21(11-8-19)28-14-15-31(28)30/h2-13,16H,14-15H2,1H3,(H,27,29). The van der Waals surface area contributed by atoms with Crippen LogP contribution < -0.4 is 9.62 Å². The average Bonchev–Trinajstić information content (AvgIpc) is 2.79. The summed E-state index contributed by atoms with van der Waals surface area (Å²) in [4.78, 5) is 17.4. The van der Waals surface area contributed by atoms with Gasteiger partial charge >= 0.3 is 0 Å². The molecule has 1 N–H and O–H groups in total. The largest absolute Gasteiger partial charge is 0.322 e. The van der Waals surface area contributed by atoms with E-state index in [0.717, 1.165) is 39.8 Å². The number of hydrogen-bond donors (Lipinski definition) is 1. The number of fused-ring (bicyclic) bond motifs is 1. The Morgan fingerprint density at radius 3 is 2.58 bits per heavy atom. The van der Waals surface area contributed by atoms with E-state index < -0.39 is 11.0 Å². The van der Waals surface area contributed by atoms with Crippen molar-refractivity contribution in [1.82, 2.24) is 4.98 Å². The molecule has 5 nitrogen and oxygen atoms in total. The van der Waals surface area contributed by atoms with Crippen molar-refractivity contribution in [3.8, 4) is 11.3 Å². The average molecular weight is 428 g/mol. The molecule has 0 saturated carbocycles. The number of aromatic nitrogens is 1. The SMILES string of the molecule is Cc1ccc(NC(=O)c2ccc(N3CCS3=O)cc2)cc1-c1nccc2ccccc12. The molecule has 5 rings (SSSR count). The molecule has 3 aromatic carbocycles. The molecule has 1 saturated heterocycles. The van der Waals surface area contributed by atoms with Gasteiger partial charge in [-0.3, -0.25) is 14.1 Å². The van der Waals surface area contributed by atoms with Crippen LogP contribution in [0.25, 0.3) is 22.0 Å². The third-order valence-electron chi connectivity index (χ3n) is 5.56. The summed E-state index contributed by atoms with van der Waals surface area (Å²) in [5.41, 5.74) is 5.13. The summed E-state index contributed by atoms with van der Waals surface area (Å²) >= 11 is 0. The number of benzene rings is 3. The number of anilines is 2. The Hall–Kier alpha value is -3.51. The van der Waals surface area contributed by atoms with Crippen LogP contribution in [0.4, 0.5) is 11.4 Å². The van der Waals surface area contributed by atoms with E-state index in [1.807, 2.05) is 66.0 Å². The van der Waals surface area contributed by atoms with Gasteiger partial charge in [-0.2, -0.15) is 0 Å². The zero-order chi connectivity index (χ0) is 21.4. The van der Waals surface area contributed by atoms with Gasteiger partial charge in [-0.05, 0) is 60.3 Å². The Balaban J connectivity index is 1.41. The Labute approximate surface area is 183 Å². The first kappa shape index (κ1) is 19.5. The van der Waals surface area contributed by atoms with Crippen molar-refractivity contribution in [2.75, 3.05) is 21.9 Å². The summed E-state index contributed by atoms with van der Waals surface area (Å²) in [6.45, 7) is 2.83. The van der Waals surface area contributed by atoms with Crippen LogP contribution in [0.5, 0.6) is 0 Å². The minimum Gasteiger partial charge on any atom is -0.322 e. The number of nitrogens with one attached hydrogen (secondary N) is 1. The number of amides is 1. The number of pyridine rings is 1. The number of rotatable bonds is 4. The maximum Gasteiger partial charge on any atom is 0.255 e. The van der Waals surface area contributed by atoms with Crippen molar-refractivity contribution in [2.45, 2.75) is 6.92 Å². The summed E-state index contributed by atoms with van der Waals surface area (Å²) in [7, 11) is -0.936. The number of nitrogens with zero attached hydrogens (tertiary/aromatic N) is 2. The number of hydrogen-bond acceptors (Lipinski definition) is 3. The maximum atomic E-state index is 12.8. The van der Waals surface area contributed by atoms with Crippen molar-refractivity contribution in [3.63, 3.8) is 0 Å². The van der Waals surface area contributed by atoms with Gasteiger partial charge in [0.05, 0.1) is 11.4 Å². The molecule has 0 bridgehead atoms. The van der Waals surface area contributed by atoms with Gasteiger partial charge in [0, 0.05) is 40.6 Å². The third-order valence-corrected chi connectivity index (χ3v) is 6.97. The second-order valence-corrected chi connectivity index (χ2v) is 9.03. The molecule has 1 fully saturated rings. The van der Waals surface area contributed by atoms with Crippen LogP contribution in [-0.4, -0.2) is 27.4 Å². The van der Waals surface area contributed by atoms with E-state index >= 15 is 0 Å². The minimum atomic E-state index is -0.936. The molecule has 0 radical (unpaired) electrons. The lowest BCUT2D eigenvalue weighted by atomic mass is 9.99. The predicted molar refractivity (Wildman–Crippen MR) is 127 cm³/mol. The maximum absolute atomic E-state index is 12.8. The fraction of sp³-hybridized carbons (Fsp3) is 0.120. The summed E-state index contributed by atoms with van der Waals surface area (Å²) in [6, 6.07) is 23.2. The van der Waals surface area contributed by atoms with Crippen LogP contribution in [0.1, 0.15) is 15.9 Å². The molecular formula is C25H21N3O2S. The lowest BCUT2D eigenvalue weighted by Gasteiger charge is -2.31. The van der Waals surface area contributed by atoms with Crippen LogP contribution in [0.3, 0.4) is 0 Å². The number of carbonyl (C=O) groups excluding carboxylic acids is 1. The minimum absolute atomic E-state index is 0.183. The van der Waals surface area contributed by atoms with Crippen molar-refractivity contribution >= 4 is 39.0 Å². The highest BCUT2D eigenvalue weighted by atomic mass is 32.2. The first-order valence-electron chi connectivity index (χ1n) is 10.1. The van der Waals surface area contributed by atoms with Gasteiger partial charge in [-0.25, -0.2) is 4.21 Å². The fourth-order valence-electron chi connectivity index (χ4n) is 3.78. The first-order chi connectivity index (χ1) is 15.1. The molecular weight excluding hydrogens is 406 g/mol. The molecule has 4 aromatic rings. The van der Waals surface area contributed by atoms with Gasteiger partial charge in [0.1, 0.15) is 11.0 Å². The monoisotopic (exact) mass is 427 g/mol. The van der Waals surface area contributed by atoms with Crippen LogP contribution in [0, 0.1) is 6.92 Å². The first-order valence-corrected chi connectivity index (χ1v) is 11.4. The second kappa shape index (κ2) is 7.96. The molecule has 31 heavy (non-hydrogen) atoms. The smallest absolute Gasteiger partial charge is 0.255 e.